The molecule has 2 saturated heterocycles. The number of alkyl halides is 2. The molecule has 0 unspecified atom stereocenters. The van der Waals surface area contributed by atoms with E-state index in [1.807, 2.05) is 33.8 Å². The van der Waals surface area contributed by atoms with Crippen molar-refractivity contribution in [2.75, 3.05) is 12.4 Å². The van der Waals surface area contributed by atoms with Crippen molar-refractivity contribution < 1.29 is 32.0 Å². The fraction of sp³-hybridized carbons (Fsp3) is 0.481. The van der Waals surface area contributed by atoms with Crippen LogP contribution in [0.2, 0.25) is 0 Å². The largest absolute Gasteiger partial charge is 0.494 e. The molecule has 3 atom stereocenters. The van der Waals surface area contributed by atoms with Crippen LogP contribution in [0.25, 0.3) is 0 Å². The molecule has 3 aliphatic rings. The van der Waals surface area contributed by atoms with Crippen molar-refractivity contribution in [2.45, 2.75) is 63.4 Å². The first-order valence-corrected chi connectivity index (χ1v) is 13.3. The molecule has 0 spiro atoms. The normalized spacial score (nSPS) is 28.3. The number of halogens is 3. The van der Waals surface area contributed by atoms with Gasteiger partial charge in [0.25, 0.3) is 6.43 Å². The van der Waals surface area contributed by atoms with Crippen LogP contribution in [0.15, 0.2) is 53.5 Å². The monoisotopic (exact) mass is 531 g/mol. The van der Waals surface area contributed by atoms with Gasteiger partial charge in [-0.2, -0.15) is 0 Å². The summed E-state index contributed by atoms with van der Waals surface area (Å²) in [4.78, 5) is 17.7. The van der Waals surface area contributed by atoms with Gasteiger partial charge in [-0.1, -0.05) is 42.5 Å². The van der Waals surface area contributed by atoms with E-state index >= 15 is 4.39 Å². The molecule has 0 aliphatic carbocycles. The van der Waals surface area contributed by atoms with Crippen LogP contribution in [-0.4, -0.2) is 54.0 Å². The summed E-state index contributed by atoms with van der Waals surface area (Å²) in [6.45, 7) is 7.47. The zero-order valence-corrected chi connectivity index (χ0v) is 22.0. The van der Waals surface area contributed by atoms with Crippen LogP contribution in [-0.2, 0) is 19.6 Å². The zero-order valence-electron chi connectivity index (χ0n) is 21.2. The van der Waals surface area contributed by atoms with E-state index < -0.39 is 48.1 Å². The van der Waals surface area contributed by atoms with Crippen molar-refractivity contribution in [3.05, 3.63) is 65.5 Å². The molecule has 5 nitrogen and oxygen atoms in total. The van der Waals surface area contributed by atoms with Gasteiger partial charge in [0.1, 0.15) is 17.5 Å². The minimum absolute atomic E-state index is 0.00102. The van der Waals surface area contributed by atoms with E-state index in [1.54, 1.807) is 36.4 Å². The van der Waals surface area contributed by atoms with Crippen LogP contribution in [0.5, 0.6) is 0 Å². The zero-order chi connectivity index (χ0) is 26.6. The second kappa shape index (κ2) is 9.56. The van der Waals surface area contributed by atoms with Gasteiger partial charge in [0.15, 0.2) is 5.78 Å². The molecule has 2 fully saturated rings. The molecule has 10 heteroatoms. The topological polar surface area (TPSA) is 57.1 Å². The number of carbonyl (C=O) groups is 1. The summed E-state index contributed by atoms with van der Waals surface area (Å²) in [5, 5.41) is 0.476. The van der Waals surface area contributed by atoms with Gasteiger partial charge in [0, 0.05) is 22.8 Å². The van der Waals surface area contributed by atoms with E-state index in [9.17, 15) is 13.6 Å². The smallest absolute Gasteiger partial charge is 0.399 e. The van der Waals surface area contributed by atoms with E-state index in [4.69, 9.17) is 19.0 Å². The number of hydrogen-bond acceptors (Lipinski definition) is 6. The van der Waals surface area contributed by atoms with Gasteiger partial charge >= 0.3 is 7.12 Å². The Balaban J connectivity index is 1.54. The molecule has 37 heavy (non-hydrogen) atoms. The number of nitrogens with zero attached hydrogens (tertiary/aromatic N) is 1. The molecule has 0 N–H and O–H groups in total. The fourth-order valence-corrected chi connectivity index (χ4v) is 6.35. The number of thioether (sulfide) groups is 1. The van der Waals surface area contributed by atoms with Crippen LogP contribution >= 0.6 is 11.8 Å². The fourth-order valence-electron chi connectivity index (χ4n) is 5.05. The molecule has 3 heterocycles. The van der Waals surface area contributed by atoms with E-state index in [-0.39, 0.29) is 30.1 Å². The first kappa shape index (κ1) is 26.5. The van der Waals surface area contributed by atoms with E-state index in [0.717, 1.165) is 0 Å². The van der Waals surface area contributed by atoms with Gasteiger partial charge in [-0.3, -0.25) is 9.79 Å². The second-order valence-electron chi connectivity index (χ2n) is 10.8. The molecule has 5 rings (SSSR count). The van der Waals surface area contributed by atoms with Gasteiger partial charge in [0.2, 0.25) is 0 Å². The highest BCUT2D eigenvalue weighted by molar-refractivity contribution is 8.14. The van der Waals surface area contributed by atoms with Crippen molar-refractivity contribution >= 4 is 35.2 Å². The first-order valence-electron chi connectivity index (χ1n) is 12.3. The molecular formula is C27H29BF3NO4S. The Morgan fingerprint density at radius 2 is 1.78 bits per heavy atom. The summed E-state index contributed by atoms with van der Waals surface area (Å²) in [6.07, 6.45) is -4.13. The standard InChI is InChI=1S/C27H29BF3NO4S/c1-25(2)26(3,4)36-28(35-25)17-10-11-20(29)18(12-17)27-15-34-23(24(30)31)19(27)14-37-22(32-27)13-21(33)16-8-6-5-7-9-16/h5-12,19,23-24H,13-15H2,1-4H3/t19-,23+,27-/m1/s1. The SMILES string of the molecule is CC1(C)OB(c2ccc(F)c([C@]34CO[C@H](C(F)F)[C@H]3CSC(CC(=O)c3ccccc3)=N4)c2)OC1(C)C. The molecule has 0 saturated carbocycles. The molecule has 0 radical (unpaired) electrons. The van der Waals surface area contributed by atoms with Gasteiger partial charge in [-0.15, -0.1) is 11.8 Å². The van der Waals surface area contributed by atoms with E-state index in [0.29, 0.717) is 16.1 Å². The lowest BCUT2D eigenvalue weighted by Gasteiger charge is -2.37. The summed E-state index contributed by atoms with van der Waals surface area (Å²) in [5.74, 6) is -1.25. The van der Waals surface area contributed by atoms with Gasteiger partial charge in [0.05, 0.1) is 29.3 Å². The molecule has 2 aromatic carbocycles. The van der Waals surface area contributed by atoms with Crippen molar-refractivity contribution in [3.8, 4) is 0 Å². The Bertz CT molecular complexity index is 1210. The third kappa shape index (κ3) is 4.66. The first-order chi connectivity index (χ1) is 17.4. The minimum Gasteiger partial charge on any atom is -0.399 e. The molecule has 196 valence electrons. The van der Waals surface area contributed by atoms with E-state index in [2.05, 4.69) is 0 Å². The number of benzene rings is 2. The quantitative estimate of drug-likeness (QED) is 0.387. The van der Waals surface area contributed by atoms with Crippen LogP contribution in [0, 0.1) is 11.7 Å². The number of ketones is 1. The Kier molecular flexibility index (Phi) is 6.84. The third-order valence-corrected chi connectivity index (χ3v) is 8.99. The highest BCUT2D eigenvalue weighted by atomic mass is 32.2. The Labute approximate surface area is 219 Å². The Morgan fingerprint density at radius 1 is 1.11 bits per heavy atom. The minimum atomic E-state index is -2.75. The second-order valence-corrected chi connectivity index (χ2v) is 11.8. The molecule has 0 amide bonds. The van der Waals surface area contributed by atoms with E-state index in [1.165, 1.54) is 17.8 Å². The molecule has 2 aromatic rings. The lowest BCUT2D eigenvalue weighted by Crippen LogP contribution is -2.44. The van der Waals surface area contributed by atoms with Gasteiger partial charge in [-0.25, -0.2) is 13.2 Å². The van der Waals surface area contributed by atoms with Crippen molar-refractivity contribution in [1.29, 1.82) is 0 Å². The lowest BCUT2D eigenvalue weighted by atomic mass is 9.73. The molecule has 3 aliphatic heterocycles. The summed E-state index contributed by atoms with van der Waals surface area (Å²) in [7, 11) is -0.756. The van der Waals surface area contributed by atoms with Crippen molar-refractivity contribution in [1.82, 2.24) is 0 Å². The lowest BCUT2D eigenvalue weighted by molar-refractivity contribution is -0.0359. The number of Topliss-reactive ketones (excluding diaryl/α,β-unsaturated/α-hetero) is 1. The summed E-state index contributed by atoms with van der Waals surface area (Å²) >= 11 is 1.26. The highest BCUT2D eigenvalue weighted by Crippen LogP contribution is 2.50. The average Bonchev–Trinajstić information content (AvgIpc) is 3.34. The maximum Gasteiger partial charge on any atom is 0.494 e. The predicted molar refractivity (Wildman–Crippen MR) is 138 cm³/mol. The van der Waals surface area contributed by atoms with Crippen LogP contribution in [0.3, 0.4) is 0 Å². The van der Waals surface area contributed by atoms with Crippen LogP contribution in [0.4, 0.5) is 13.2 Å². The van der Waals surface area contributed by atoms with Crippen LogP contribution in [0.1, 0.15) is 50.0 Å². The predicted octanol–water partition coefficient (Wildman–Crippen LogP) is 5.02. The third-order valence-electron chi connectivity index (χ3n) is 7.90. The number of hydrogen-bond donors (Lipinski definition) is 0. The van der Waals surface area contributed by atoms with Crippen molar-refractivity contribution in [2.24, 2.45) is 10.9 Å². The number of carbonyl (C=O) groups excluding carboxylic acids is 1. The van der Waals surface area contributed by atoms with Crippen LogP contribution < -0.4 is 5.46 Å². The van der Waals surface area contributed by atoms with Crippen molar-refractivity contribution in [3.63, 3.8) is 0 Å². The summed E-state index contributed by atoms with van der Waals surface area (Å²) in [6, 6.07) is 13.3. The Morgan fingerprint density at radius 3 is 2.43 bits per heavy atom. The Hall–Kier alpha value is -2.14. The van der Waals surface area contributed by atoms with Gasteiger partial charge < -0.3 is 14.0 Å². The average molecular weight is 531 g/mol. The summed E-state index contributed by atoms with van der Waals surface area (Å²) < 4.78 is 61.2. The number of aliphatic imine (C=N–C) groups is 1. The highest BCUT2D eigenvalue weighted by Gasteiger charge is 2.57. The number of ether oxygens (including phenoxy) is 1. The number of fused-ring (bicyclic) bond motifs is 1. The van der Waals surface area contributed by atoms with Gasteiger partial charge in [-0.05, 0) is 39.2 Å². The molecule has 0 aromatic heterocycles. The number of rotatable bonds is 6. The molecule has 0 bridgehead atoms. The maximum absolute atomic E-state index is 15.5. The summed E-state index contributed by atoms with van der Waals surface area (Å²) in [5.41, 5.74) is -1.34. The molecular weight excluding hydrogens is 502 g/mol. The maximum atomic E-state index is 15.5.